The fraction of sp³-hybridized carbons (Fsp3) is 0.296. The van der Waals surface area contributed by atoms with Crippen LogP contribution in [0.1, 0.15) is 17.5 Å². The monoisotopic (exact) mass is 493 g/mol. The molecule has 3 aromatic rings. The summed E-state index contributed by atoms with van der Waals surface area (Å²) < 4.78 is 33.2. The molecule has 7 nitrogen and oxygen atoms in total. The largest absolute Gasteiger partial charge is 0.497 e. The molecule has 0 aromatic heterocycles. The van der Waals surface area contributed by atoms with Crippen molar-refractivity contribution in [3.63, 3.8) is 0 Å². The molecule has 1 heterocycles. The van der Waals surface area contributed by atoms with Crippen molar-refractivity contribution in [3.05, 3.63) is 83.9 Å². The van der Waals surface area contributed by atoms with Gasteiger partial charge >= 0.3 is 0 Å². The van der Waals surface area contributed by atoms with Gasteiger partial charge in [-0.15, -0.1) is 0 Å². The van der Waals surface area contributed by atoms with Gasteiger partial charge in [-0.3, -0.25) is 9.10 Å². The third-order valence-corrected chi connectivity index (χ3v) is 7.96. The SMILES string of the molecule is COc1ccc(S(=O)(=O)N(CC(=O)NCCCN2CCc3ccccc32)c2ccc(C)cc2)cc1. The Labute approximate surface area is 207 Å². The fourth-order valence-electron chi connectivity index (χ4n) is 4.22. The molecule has 1 aliphatic heterocycles. The van der Waals surface area contributed by atoms with Gasteiger partial charge in [0.15, 0.2) is 0 Å². The van der Waals surface area contributed by atoms with Gasteiger partial charge in [0.05, 0.1) is 17.7 Å². The number of hydrogen-bond acceptors (Lipinski definition) is 5. The molecule has 8 heteroatoms. The van der Waals surface area contributed by atoms with Crippen LogP contribution in [0.2, 0.25) is 0 Å². The number of rotatable bonds is 10. The second kappa shape index (κ2) is 10.8. The van der Waals surface area contributed by atoms with Crippen LogP contribution in [-0.4, -0.2) is 47.6 Å². The van der Waals surface area contributed by atoms with Gasteiger partial charge in [-0.05, 0) is 67.8 Å². The first-order valence-corrected chi connectivity index (χ1v) is 13.2. The van der Waals surface area contributed by atoms with Crippen molar-refractivity contribution in [3.8, 4) is 5.75 Å². The number of anilines is 2. The summed E-state index contributed by atoms with van der Waals surface area (Å²) in [6.45, 7) is 3.92. The molecule has 35 heavy (non-hydrogen) atoms. The smallest absolute Gasteiger partial charge is 0.264 e. The van der Waals surface area contributed by atoms with Crippen molar-refractivity contribution in [1.29, 1.82) is 0 Å². The van der Waals surface area contributed by atoms with Crippen LogP contribution in [0.15, 0.2) is 77.7 Å². The summed E-state index contributed by atoms with van der Waals surface area (Å²) in [5.74, 6) is 0.216. The van der Waals surface area contributed by atoms with Crippen molar-refractivity contribution in [2.24, 2.45) is 0 Å². The van der Waals surface area contributed by atoms with Crippen LogP contribution in [0, 0.1) is 6.92 Å². The number of aryl methyl sites for hydroxylation is 1. The van der Waals surface area contributed by atoms with Crippen LogP contribution in [0.5, 0.6) is 5.75 Å². The number of methoxy groups -OCH3 is 1. The molecule has 0 unspecified atom stereocenters. The van der Waals surface area contributed by atoms with Crippen molar-refractivity contribution < 1.29 is 17.9 Å². The van der Waals surface area contributed by atoms with E-state index in [4.69, 9.17) is 4.74 Å². The minimum Gasteiger partial charge on any atom is -0.497 e. The van der Waals surface area contributed by atoms with Crippen molar-refractivity contribution in [2.75, 3.05) is 42.5 Å². The number of fused-ring (bicyclic) bond motifs is 1. The van der Waals surface area contributed by atoms with Crippen LogP contribution in [-0.2, 0) is 21.2 Å². The van der Waals surface area contributed by atoms with E-state index in [9.17, 15) is 13.2 Å². The zero-order chi connectivity index (χ0) is 24.8. The summed E-state index contributed by atoms with van der Waals surface area (Å²) >= 11 is 0. The van der Waals surface area contributed by atoms with Gasteiger partial charge in [0.1, 0.15) is 12.3 Å². The first kappa shape index (κ1) is 24.6. The Balaban J connectivity index is 1.41. The van der Waals surface area contributed by atoms with Crippen LogP contribution in [0.3, 0.4) is 0 Å². The minimum absolute atomic E-state index is 0.0966. The summed E-state index contributed by atoms with van der Waals surface area (Å²) in [6, 6.07) is 21.6. The number of carbonyl (C=O) groups is 1. The van der Waals surface area contributed by atoms with E-state index in [0.717, 1.165) is 35.8 Å². The Hall–Kier alpha value is -3.52. The normalized spacial score (nSPS) is 12.8. The molecule has 1 aliphatic rings. The summed E-state index contributed by atoms with van der Waals surface area (Å²) in [7, 11) is -2.43. The first-order valence-electron chi connectivity index (χ1n) is 11.7. The average molecular weight is 494 g/mol. The number of nitrogens with one attached hydrogen (secondary N) is 1. The van der Waals surface area contributed by atoms with Crippen molar-refractivity contribution >= 4 is 27.3 Å². The van der Waals surface area contributed by atoms with Gasteiger partial charge in [0.25, 0.3) is 10.0 Å². The van der Waals surface area contributed by atoms with E-state index < -0.39 is 10.0 Å². The van der Waals surface area contributed by atoms with E-state index in [2.05, 4.69) is 28.4 Å². The zero-order valence-corrected chi connectivity index (χ0v) is 20.9. The van der Waals surface area contributed by atoms with Crippen LogP contribution < -0.4 is 19.3 Å². The number of benzene rings is 3. The van der Waals surface area contributed by atoms with Crippen LogP contribution in [0.25, 0.3) is 0 Å². The van der Waals surface area contributed by atoms with Crippen LogP contribution in [0.4, 0.5) is 11.4 Å². The van der Waals surface area contributed by atoms with E-state index in [0.29, 0.717) is 18.0 Å². The van der Waals surface area contributed by atoms with Gasteiger partial charge < -0.3 is 15.0 Å². The summed E-state index contributed by atoms with van der Waals surface area (Å²) in [5, 5.41) is 2.89. The Morgan fingerprint density at radius 2 is 1.74 bits per heavy atom. The number of para-hydroxylation sites is 1. The van der Waals surface area contributed by atoms with E-state index in [-0.39, 0.29) is 17.3 Å². The Bertz CT molecular complexity index is 1260. The molecule has 0 aliphatic carbocycles. The fourth-order valence-corrected chi connectivity index (χ4v) is 5.64. The van der Waals surface area contributed by atoms with Gasteiger partial charge in [-0.1, -0.05) is 35.9 Å². The van der Waals surface area contributed by atoms with Gasteiger partial charge in [-0.25, -0.2) is 8.42 Å². The maximum absolute atomic E-state index is 13.5. The molecule has 0 fully saturated rings. The maximum atomic E-state index is 13.5. The van der Waals surface area contributed by atoms with Gasteiger partial charge in [0.2, 0.25) is 5.91 Å². The van der Waals surface area contributed by atoms with E-state index >= 15 is 0 Å². The van der Waals surface area contributed by atoms with Crippen LogP contribution >= 0.6 is 0 Å². The Morgan fingerprint density at radius 1 is 1.03 bits per heavy atom. The highest BCUT2D eigenvalue weighted by molar-refractivity contribution is 7.92. The zero-order valence-electron chi connectivity index (χ0n) is 20.1. The lowest BCUT2D eigenvalue weighted by Gasteiger charge is -2.24. The lowest BCUT2D eigenvalue weighted by molar-refractivity contribution is -0.119. The van der Waals surface area contributed by atoms with E-state index in [1.165, 1.54) is 30.5 Å². The van der Waals surface area contributed by atoms with Crippen molar-refractivity contribution in [1.82, 2.24) is 5.32 Å². The Kier molecular flexibility index (Phi) is 7.60. The molecule has 0 saturated heterocycles. The summed E-state index contributed by atoms with van der Waals surface area (Å²) in [4.78, 5) is 15.2. The standard InChI is InChI=1S/C27H31N3O4S/c1-21-8-10-23(11-9-21)30(35(32,33)25-14-12-24(34-2)13-15-25)20-27(31)28-17-5-18-29-19-16-22-6-3-4-7-26(22)29/h3-4,6-15H,5,16-20H2,1-2H3,(H,28,31). The lowest BCUT2D eigenvalue weighted by atomic mass is 10.2. The van der Waals surface area contributed by atoms with Gasteiger partial charge in [0, 0.05) is 25.3 Å². The molecule has 0 spiro atoms. The molecule has 3 aromatic carbocycles. The summed E-state index contributed by atoms with van der Waals surface area (Å²) in [6.07, 6.45) is 1.81. The molecular formula is C27H31N3O4S. The highest BCUT2D eigenvalue weighted by Crippen LogP contribution is 2.27. The lowest BCUT2D eigenvalue weighted by Crippen LogP contribution is -2.41. The summed E-state index contributed by atoms with van der Waals surface area (Å²) in [5.41, 5.74) is 4.06. The number of ether oxygens (including phenoxy) is 1. The van der Waals surface area contributed by atoms with Gasteiger partial charge in [-0.2, -0.15) is 0 Å². The molecule has 1 amide bonds. The topological polar surface area (TPSA) is 79.0 Å². The number of amides is 1. The second-order valence-corrected chi connectivity index (χ2v) is 10.5. The third kappa shape index (κ3) is 5.77. The number of nitrogens with zero attached hydrogens (tertiary/aromatic N) is 2. The predicted octanol–water partition coefficient (Wildman–Crippen LogP) is 3.77. The maximum Gasteiger partial charge on any atom is 0.264 e. The molecule has 0 atom stereocenters. The number of sulfonamides is 1. The van der Waals surface area contributed by atoms with E-state index in [1.807, 2.05) is 25.1 Å². The van der Waals surface area contributed by atoms with Crippen molar-refractivity contribution in [2.45, 2.75) is 24.7 Å². The molecule has 4 rings (SSSR count). The molecule has 0 radical (unpaired) electrons. The van der Waals surface area contributed by atoms with E-state index in [1.54, 1.807) is 24.3 Å². The third-order valence-electron chi connectivity index (χ3n) is 6.17. The molecule has 0 saturated carbocycles. The molecule has 184 valence electrons. The molecule has 0 bridgehead atoms. The molecule has 1 N–H and O–H groups in total. The Morgan fingerprint density at radius 3 is 2.46 bits per heavy atom. The quantitative estimate of drug-likeness (QED) is 0.435. The number of carbonyl (C=O) groups excluding carboxylic acids is 1. The first-order chi connectivity index (χ1) is 16.9. The highest BCUT2D eigenvalue weighted by Gasteiger charge is 2.27. The predicted molar refractivity (Wildman–Crippen MR) is 139 cm³/mol. The highest BCUT2D eigenvalue weighted by atomic mass is 32.2. The minimum atomic E-state index is -3.96. The molecular weight excluding hydrogens is 462 g/mol. The number of hydrogen-bond donors (Lipinski definition) is 1. The second-order valence-electron chi connectivity index (χ2n) is 8.59. The average Bonchev–Trinajstić information content (AvgIpc) is 3.29.